The lowest BCUT2D eigenvalue weighted by Gasteiger charge is -1.96. The normalized spacial score (nSPS) is 15.2. The van der Waals surface area contributed by atoms with Crippen molar-refractivity contribution in [3.05, 3.63) is 34.6 Å². The fourth-order valence-corrected chi connectivity index (χ4v) is 1.02. The van der Waals surface area contributed by atoms with Gasteiger partial charge in [-0.25, -0.2) is 9.97 Å². The SMILES string of the molecule is [2H]c1c(Cl)nc2c([2H])c(Cl)nc([2H])c2c1[2H]. The number of fused-ring (bicyclic) bond motifs is 1. The van der Waals surface area contributed by atoms with Crippen LogP contribution < -0.4 is 0 Å². The van der Waals surface area contributed by atoms with Gasteiger partial charge in [0, 0.05) is 17.6 Å². The van der Waals surface area contributed by atoms with Crippen LogP contribution in [0.5, 0.6) is 0 Å². The van der Waals surface area contributed by atoms with Crippen molar-refractivity contribution < 1.29 is 5.48 Å². The Morgan fingerprint density at radius 2 is 2.08 bits per heavy atom. The highest BCUT2D eigenvalue weighted by Gasteiger charge is 1.97. The molecule has 0 unspecified atom stereocenters. The maximum absolute atomic E-state index is 7.64. The minimum absolute atomic E-state index is 0.0174. The van der Waals surface area contributed by atoms with Crippen molar-refractivity contribution in [3.63, 3.8) is 0 Å². The fraction of sp³-hybridized carbons (Fsp3) is 0. The number of hydrogen-bond donors (Lipinski definition) is 0. The summed E-state index contributed by atoms with van der Waals surface area (Å²) in [6.45, 7) is 0. The Morgan fingerprint density at radius 3 is 2.92 bits per heavy atom. The van der Waals surface area contributed by atoms with Crippen LogP contribution in [-0.2, 0) is 0 Å². The summed E-state index contributed by atoms with van der Waals surface area (Å²) in [6.07, 6.45) is -0.279. The molecule has 0 radical (unpaired) electrons. The van der Waals surface area contributed by atoms with E-state index < -0.39 is 0 Å². The minimum atomic E-state index is -0.286. The maximum Gasteiger partial charge on any atom is 0.131 e. The van der Waals surface area contributed by atoms with Crippen molar-refractivity contribution in [3.8, 4) is 0 Å². The first-order valence-electron chi connectivity index (χ1n) is 5.02. The van der Waals surface area contributed by atoms with E-state index in [0.29, 0.717) is 0 Å². The number of nitrogens with zero attached hydrogens (tertiary/aromatic N) is 2. The molecule has 2 aromatic heterocycles. The molecule has 0 aliphatic rings. The zero-order valence-electron chi connectivity index (χ0n) is 9.65. The van der Waals surface area contributed by atoms with Crippen molar-refractivity contribution in [2.24, 2.45) is 0 Å². The van der Waals surface area contributed by atoms with Gasteiger partial charge in [-0.1, -0.05) is 23.2 Å². The van der Waals surface area contributed by atoms with Crippen molar-refractivity contribution in [1.82, 2.24) is 9.97 Å². The molecule has 0 saturated heterocycles. The molecule has 0 N–H and O–H groups in total. The molecule has 0 aliphatic heterocycles. The van der Waals surface area contributed by atoms with E-state index in [4.69, 9.17) is 28.7 Å². The Bertz CT molecular complexity index is 603. The second-order valence-corrected chi connectivity index (χ2v) is 2.73. The van der Waals surface area contributed by atoms with Gasteiger partial charge in [-0.05, 0) is 12.1 Å². The molecule has 0 bridgehead atoms. The van der Waals surface area contributed by atoms with Crippen LogP contribution in [0.1, 0.15) is 5.48 Å². The van der Waals surface area contributed by atoms with E-state index >= 15 is 0 Å². The van der Waals surface area contributed by atoms with Crippen LogP contribution in [0, 0.1) is 0 Å². The second kappa shape index (κ2) is 2.88. The van der Waals surface area contributed by atoms with Crippen LogP contribution in [0.2, 0.25) is 10.3 Å². The van der Waals surface area contributed by atoms with Crippen LogP contribution >= 0.6 is 23.2 Å². The first-order valence-corrected chi connectivity index (χ1v) is 3.78. The summed E-state index contributed by atoms with van der Waals surface area (Å²) in [5, 5.41) is -0.338. The smallest absolute Gasteiger partial charge is 0.131 e. The Hall–Kier alpha value is -0.860. The average Bonchev–Trinajstić information content (AvgIpc) is 2.22. The van der Waals surface area contributed by atoms with Crippen molar-refractivity contribution in [2.45, 2.75) is 0 Å². The van der Waals surface area contributed by atoms with Crippen LogP contribution in [0.25, 0.3) is 10.9 Å². The maximum atomic E-state index is 7.64. The Balaban J connectivity index is 3.07. The zero-order chi connectivity index (χ0) is 12.0. The summed E-state index contributed by atoms with van der Waals surface area (Å²) in [5.41, 5.74) is 0.0241. The summed E-state index contributed by atoms with van der Waals surface area (Å²) in [6, 6.07) is -0.744. The Morgan fingerprint density at radius 1 is 1.25 bits per heavy atom. The largest absolute Gasteiger partial charge is 0.244 e. The van der Waals surface area contributed by atoms with E-state index in [2.05, 4.69) is 9.97 Å². The Labute approximate surface area is 84.8 Å². The predicted octanol–water partition coefficient (Wildman–Crippen LogP) is 2.94. The zero-order valence-corrected chi connectivity index (χ0v) is 7.16. The van der Waals surface area contributed by atoms with Gasteiger partial charge < -0.3 is 0 Å². The topological polar surface area (TPSA) is 25.8 Å². The lowest BCUT2D eigenvalue weighted by atomic mass is 10.3. The molecule has 0 saturated carbocycles. The highest BCUT2D eigenvalue weighted by atomic mass is 35.5. The Kier molecular flexibility index (Phi) is 1.06. The van der Waals surface area contributed by atoms with E-state index in [1.165, 1.54) is 0 Å². The standard InChI is InChI=1S/C8H4Cl2N2/c9-7-2-1-5-4-11-8(10)3-6(5)12-7/h1-4H/i1D,2D,3D,4D. The summed E-state index contributed by atoms with van der Waals surface area (Å²) in [7, 11) is 0. The molecule has 0 amide bonds. The van der Waals surface area contributed by atoms with Crippen molar-refractivity contribution in [2.75, 3.05) is 0 Å². The quantitative estimate of drug-likeness (QED) is 0.615. The summed E-state index contributed by atoms with van der Waals surface area (Å²) in [5.74, 6) is 0. The lowest BCUT2D eigenvalue weighted by molar-refractivity contribution is 1.32. The summed E-state index contributed by atoms with van der Waals surface area (Å²) >= 11 is 11.3. The highest BCUT2D eigenvalue weighted by Crippen LogP contribution is 2.16. The molecular weight excluding hydrogens is 195 g/mol. The van der Waals surface area contributed by atoms with Gasteiger partial charge in [-0.2, -0.15) is 0 Å². The van der Waals surface area contributed by atoms with E-state index in [-0.39, 0.29) is 45.5 Å². The third-order valence-electron chi connectivity index (χ3n) is 1.22. The highest BCUT2D eigenvalue weighted by molar-refractivity contribution is 6.30. The number of halogens is 2. The predicted molar refractivity (Wildman–Crippen MR) is 49.6 cm³/mol. The molecule has 0 spiro atoms. The van der Waals surface area contributed by atoms with Crippen LogP contribution in [0.15, 0.2) is 24.3 Å². The molecule has 0 aromatic carbocycles. The number of pyridine rings is 2. The molecule has 2 nitrogen and oxygen atoms in total. The van der Waals surface area contributed by atoms with Gasteiger partial charge >= 0.3 is 0 Å². The fourth-order valence-electron chi connectivity index (χ4n) is 0.757. The second-order valence-electron chi connectivity index (χ2n) is 2.02. The van der Waals surface area contributed by atoms with Gasteiger partial charge in [-0.3, -0.25) is 0 Å². The molecular formula is C8H4Cl2N2. The first-order chi connectivity index (χ1) is 7.43. The van der Waals surface area contributed by atoms with E-state index in [1.807, 2.05) is 0 Å². The van der Waals surface area contributed by atoms with Crippen molar-refractivity contribution in [1.29, 1.82) is 0 Å². The summed E-state index contributed by atoms with van der Waals surface area (Å²) < 4.78 is 30.2. The average molecular weight is 203 g/mol. The number of rotatable bonds is 0. The van der Waals surface area contributed by atoms with Gasteiger partial charge in [0.2, 0.25) is 0 Å². The van der Waals surface area contributed by atoms with Crippen molar-refractivity contribution >= 4 is 34.1 Å². The van der Waals surface area contributed by atoms with Crippen LogP contribution in [0.4, 0.5) is 0 Å². The number of aromatic nitrogens is 2. The molecule has 0 atom stereocenters. The van der Waals surface area contributed by atoms with Gasteiger partial charge in [0.05, 0.1) is 11.0 Å². The van der Waals surface area contributed by atoms with Gasteiger partial charge in [-0.15, -0.1) is 0 Å². The summed E-state index contributed by atoms with van der Waals surface area (Å²) in [4.78, 5) is 7.37. The van der Waals surface area contributed by atoms with E-state index in [9.17, 15) is 0 Å². The lowest BCUT2D eigenvalue weighted by Crippen LogP contribution is -1.81. The minimum Gasteiger partial charge on any atom is -0.244 e. The van der Waals surface area contributed by atoms with Crippen LogP contribution in [0.3, 0.4) is 0 Å². The third kappa shape index (κ3) is 1.36. The van der Waals surface area contributed by atoms with E-state index in [0.717, 1.165) is 0 Å². The van der Waals surface area contributed by atoms with Gasteiger partial charge in [0.1, 0.15) is 10.3 Å². The molecule has 2 heterocycles. The molecule has 0 fully saturated rings. The first kappa shape index (κ1) is 4.40. The molecule has 2 rings (SSSR count). The molecule has 0 aliphatic carbocycles. The molecule has 2 aromatic rings. The molecule has 4 heteroatoms. The van der Waals surface area contributed by atoms with Gasteiger partial charge in [0.15, 0.2) is 0 Å². The number of hydrogen-bond acceptors (Lipinski definition) is 2. The van der Waals surface area contributed by atoms with E-state index in [1.54, 1.807) is 0 Å². The molecule has 12 heavy (non-hydrogen) atoms. The van der Waals surface area contributed by atoms with Gasteiger partial charge in [0.25, 0.3) is 0 Å². The molecule has 60 valence electrons. The van der Waals surface area contributed by atoms with Crippen LogP contribution in [-0.4, -0.2) is 9.97 Å². The monoisotopic (exact) mass is 202 g/mol. The third-order valence-corrected chi connectivity index (χ3v) is 1.58.